The van der Waals surface area contributed by atoms with E-state index in [4.69, 9.17) is 0 Å². The molecular formula is C12H11N3O2S2. The van der Waals surface area contributed by atoms with E-state index in [9.17, 15) is 9.59 Å². The standard InChI is InChI=1S/C12H11N3O2S2/c16-9-1-2-10(17)15(9)4-6-19-12-11-8(3-5-18-11)13-7-14-12/h3,5,7H,1-2,4,6H2. The summed E-state index contributed by atoms with van der Waals surface area (Å²) in [5.74, 6) is 0.547. The third kappa shape index (κ3) is 2.48. The van der Waals surface area contributed by atoms with Crippen LogP contribution >= 0.6 is 23.1 Å². The minimum absolute atomic E-state index is 0.0606. The summed E-state index contributed by atoms with van der Waals surface area (Å²) in [6.07, 6.45) is 2.25. The molecule has 1 fully saturated rings. The zero-order chi connectivity index (χ0) is 13.2. The van der Waals surface area contributed by atoms with Crippen molar-refractivity contribution >= 4 is 45.1 Å². The number of hydrogen-bond acceptors (Lipinski definition) is 6. The number of rotatable bonds is 4. The molecule has 7 heteroatoms. The van der Waals surface area contributed by atoms with Crippen molar-refractivity contribution in [1.29, 1.82) is 0 Å². The number of thiophene rings is 1. The predicted molar refractivity (Wildman–Crippen MR) is 74.1 cm³/mol. The topological polar surface area (TPSA) is 63.2 Å². The molecule has 0 atom stereocenters. The lowest BCUT2D eigenvalue weighted by atomic mass is 10.4. The van der Waals surface area contributed by atoms with Crippen molar-refractivity contribution in [3.05, 3.63) is 17.8 Å². The van der Waals surface area contributed by atoms with Crippen molar-refractivity contribution in [1.82, 2.24) is 14.9 Å². The maximum Gasteiger partial charge on any atom is 0.229 e. The molecule has 0 saturated carbocycles. The highest BCUT2D eigenvalue weighted by Crippen LogP contribution is 2.28. The molecule has 1 saturated heterocycles. The van der Waals surface area contributed by atoms with Gasteiger partial charge in [-0.1, -0.05) is 0 Å². The fraction of sp³-hybridized carbons (Fsp3) is 0.333. The van der Waals surface area contributed by atoms with Gasteiger partial charge in [0, 0.05) is 25.1 Å². The Balaban J connectivity index is 1.65. The van der Waals surface area contributed by atoms with Gasteiger partial charge in [0.1, 0.15) is 11.4 Å². The lowest BCUT2D eigenvalue weighted by molar-refractivity contribution is -0.137. The summed E-state index contributed by atoms with van der Waals surface area (Å²) in [6.45, 7) is 0.458. The molecule has 0 bridgehead atoms. The van der Waals surface area contributed by atoms with Crippen LogP contribution in [0.3, 0.4) is 0 Å². The molecular weight excluding hydrogens is 282 g/mol. The monoisotopic (exact) mass is 293 g/mol. The average molecular weight is 293 g/mol. The Labute approximate surface area is 118 Å². The highest BCUT2D eigenvalue weighted by molar-refractivity contribution is 7.99. The van der Waals surface area contributed by atoms with Gasteiger partial charge in [-0.2, -0.15) is 0 Å². The number of thioether (sulfide) groups is 1. The molecule has 98 valence electrons. The first-order valence-electron chi connectivity index (χ1n) is 5.90. The summed E-state index contributed by atoms with van der Waals surface area (Å²) in [4.78, 5) is 32.7. The van der Waals surface area contributed by atoms with Crippen LogP contribution in [0.2, 0.25) is 0 Å². The van der Waals surface area contributed by atoms with Crippen LogP contribution in [0.4, 0.5) is 0 Å². The zero-order valence-corrected chi connectivity index (χ0v) is 11.7. The Morgan fingerprint density at radius 2 is 2.05 bits per heavy atom. The first-order valence-corrected chi connectivity index (χ1v) is 7.76. The summed E-state index contributed by atoms with van der Waals surface area (Å²) < 4.78 is 1.06. The SMILES string of the molecule is O=C1CCC(=O)N1CCSc1ncnc2ccsc12. The van der Waals surface area contributed by atoms with Gasteiger partial charge in [0.25, 0.3) is 0 Å². The Morgan fingerprint density at radius 1 is 1.26 bits per heavy atom. The molecule has 1 aliphatic rings. The molecule has 2 aromatic heterocycles. The van der Waals surface area contributed by atoms with E-state index < -0.39 is 0 Å². The third-order valence-electron chi connectivity index (χ3n) is 2.92. The number of likely N-dealkylation sites (tertiary alicyclic amines) is 1. The molecule has 19 heavy (non-hydrogen) atoms. The van der Waals surface area contributed by atoms with Crippen molar-refractivity contribution in [3.63, 3.8) is 0 Å². The third-order valence-corrected chi connectivity index (χ3v) is 4.93. The zero-order valence-electron chi connectivity index (χ0n) is 10.0. The first-order chi connectivity index (χ1) is 9.25. The Kier molecular flexibility index (Phi) is 3.48. The second-order valence-corrected chi connectivity index (χ2v) is 6.10. The van der Waals surface area contributed by atoms with Gasteiger partial charge < -0.3 is 0 Å². The van der Waals surface area contributed by atoms with Gasteiger partial charge in [-0.15, -0.1) is 23.1 Å². The number of nitrogens with zero attached hydrogens (tertiary/aromatic N) is 3. The second-order valence-electron chi connectivity index (χ2n) is 4.10. The molecule has 0 unspecified atom stereocenters. The van der Waals surface area contributed by atoms with Crippen LogP contribution in [-0.4, -0.2) is 39.0 Å². The van der Waals surface area contributed by atoms with E-state index in [0.717, 1.165) is 15.2 Å². The molecule has 0 spiro atoms. The molecule has 1 aliphatic heterocycles. The lowest BCUT2D eigenvalue weighted by Gasteiger charge is -2.12. The van der Waals surface area contributed by atoms with Gasteiger partial charge in [-0.05, 0) is 11.4 Å². The Hall–Kier alpha value is -1.47. The van der Waals surface area contributed by atoms with Crippen molar-refractivity contribution in [2.45, 2.75) is 17.9 Å². The average Bonchev–Trinajstić information content (AvgIpc) is 3.00. The number of fused-ring (bicyclic) bond motifs is 1. The summed E-state index contributed by atoms with van der Waals surface area (Å²) in [6, 6.07) is 1.96. The molecule has 0 radical (unpaired) electrons. The van der Waals surface area contributed by atoms with Crippen molar-refractivity contribution in [2.75, 3.05) is 12.3 Å². The molecule has 5 nitrogen and oxygen atoms in total. The number of hydrogen-bond donors (Lipinski definition) is 0. The van der Waals surface area contributed by atoms with Crippen LogP contribution in [-0.2, 0) is 9.59 Å². The Morgan fingerprint density at radius 3 is 2.84 bits per heavy atom. The van der Waals surface area contributed by atoms with Gasteiger partial charge >= 0.3 is 0 Å². The van der Waals surface area contributed by atoms with Crippen molar-refractivity contribution < 1.29 is 9.59 Å². The minimum Gasteiger partial charge on any atom is -0.282 e. The van der Waals surface area contributed by atoms with Gasteiger partial charge in [0.15, 0.2) is 0 Å². The number of carbonyl (C=O) groups excluding carboxylic acids is 2. The lowest BCUT2D eigenvalue weighted by Crippen LogP contribution is -2.31. The van der Waals surface area contributed by atoms with E-state index in [0.29, 0.717) is 25.1 Å². The first kappa shape index (κ1) is 12.6. The molecule has 0 N–H and O–H groups in total. The second kappa shape index (κ2) is 5.26. The van der Waals surface area contributed by atoms with Crippen LogP contribution in [0.15, 0.2) is 22.8 Å². The van der Waals surface area contributed by atoms with E-state index in [1.165, 1.54) is 4.90 Å². The molecule has 3 rings (SSSR count). The van der Waals surface area contributed by atoms with Gasteiger partial charge in [0.2, 0.25) is 11.8 Å². The van der Waals surface area contributed by atoms with Gasteiger partial charge in [-0.3, -0.25) is 14.5 Å². The predicted octanol–water partition coefficient (Wildman–Crippen LogP) is 1.93. The quantitative estimate of drug-likeness (QED) is 0.489. The van der Waals surface area contributed by atoms with Crippen molar-refractivity contribution in [2.24, 2.45) is 0 Å². The fourth-order valence-corrected chi connectivity index (χ4v) is 3.85. The largest absolute Gasteiger partial charge is 0.282 e. The van der Waals surface area contributed by atoms with E-state index >= 15 is 0 Å². The summed E-state index contributed by atoms with van der Waals surface area (Å²) in [7, 11) is 0. The number of aromatic nitrogens is 2. The Bertz CT molecular complexity index is 625. The van der Waals surface area contributed by atoms with Gasteiger partial charge in [0.05, 0.1) is 10.2 Å². The molecule has 0 aromatic carbocycles. The van der Waals surface area contributed by atoms with Crippen LogP contribution in [0.1, 0.15) is 12.8 Å². The number of amides is 2. The number of carbonyl (C=O) groups is 2. The van der Waals surface area contributed by atoms with E-state index in [-0.39, 0.29) is 11.8 Å². The van der Waals surface area contributed by atoms with E-state index in [1.54, 1.807) is 29.4 Å². The summed E-state index contributed by atoms with van der Waals surface area (Å²) in [5.41, 5.74) is 0.941. The van der Waals surface area contributed by atoms with Gasteiger partial charge in [-0.25, -0.2) is 9.97 Å². The fourth-order valence-electron chi connectivity index (χ4n) is 1.98. The van der Waals surface area contributed by atoms with E-state index in [1.807, 2.05) is 11.4 Å². The summed E-state index contributed by atoms with van der Waals surface area (Å²) >= 11 is 3.16. The maximum absolute atomic E-state index is 11.5. The minimum atomic E-state index is -0.0606. The van der Waals surface area contributed by atoms with Crippen LogP contribution in [0.5, 0.6) is 0 Å². The normalized spacial score (nSPS) is 15.7. The highest BCUT2D eigenvalue weighted by atomic mass is 32.2. The molecule has 2 aromatic rings. The molecule has 0 aliphatic carbocycles. The van der Waals surface area contributed by atoms with Crippen molar-refractivity contribution in [3.8, 4) is 0 Å². The molecule has 2 amide bonds. The molecule has 3 heterocycles. The summed E-state index contributed by atoms with van der Waals surface area (Å²) in [5, 5.41) is 2.90. The number of imide groups is 1. The smallest absolute Gasteiger partial charge is 0.229 e. The van der Waals surface area contributed by atoms with Crippen LogP contribution in [0, 0.1) is 0 Å². The maximum atomic E-state index is 11.5. The van der Waals surface area contributed by atoms with Crippen LogP contribution in [0.25, 0.3) is 10.2 Å². The highest BCUT2D eigenvalue weighted by Gasteiger charge is 2.28. The van der Waals surface area contributed by atoms with Crippen LogP contribution < -0.4 is 0 Å². The van der Waals surface area contributed by atoms with E-state index in [2.05, 4.69) is 9.97 Å².